The van der Waals surface area contributed by atoms with Crippen LogP contribution in [0, 0.1) is 0 Å². The van der Waals surface area contributed by atoms with Crippen molar-refractivity contribution in [3.63, 3.8) is 0 Å². The van der Waals surface area contributed by atoms with Gasteiger partial charge in [-0.2, -0.15) is 0 Å². The molecule has 3 aromatic rings. The summed E-state index contributed by atoms with van der Waals surface area (Å²) in [5.74, 6) is 1.16. The Morgan fingerprint density at radius 3 is 2.59 bits per heavy atom. The van der Waals surface area contributed by atoms with Crippen molar-refractivity contribution < 1.29 is 14.3 Å². The summed E-state index contributed by atoms with van der Waals surface area (Å²) in [7, 11) is 4.05. The number of anilines is 1. The Morgan fingerprint density at radius 1 is 1.10 bits per heavy atom. The van der Waals surface area contributed by atoms with Gasteiger partial charge in [-0.3, -0.25) is 9.69 Å². The van der Waals surface area contributed by atoms with Gasteiger partial charge in [-0.15, -0.1) is 12.4 Å². The van der Waals surface area contributed by atoms with E-state index in [0.29, 0.717) is 23.2 Å². The molecule has 0 bridgehead atoms. The van der Waals surface area contributed by atoms with Gasteiger partial charge in [-0.1, -0.05) is 35.6 Å². The second kappa shape index (κ2) is 9.43. The summed E-state index contributed by atoms with van der Waals surface area (Å²) >= 11 is 1.53. The monoisotopic (exact) mass is 433 g/mol. The van der Waals surface area contributed by atoms with Crippen LogP contribution in [-0.4, -0.2) is 55.7 Å². The third kappa shape index (κ3) is 4.80. The highest BCUT2D eigenvalue weighted by atomic mass is 35.5. The minimum Gasteiger partial charge on any atom is -0.485 e. The number of ether oxygens (including phenoxy) is 2. The molecule has 0 saturated carbocycles. The van der Waals surface area contributed by atoms with Gasteiger partial charge in [0.25, 0.3) is 5.91 Å². The second-order valence-corrected chi connectivity index (χ2v) is 7.98. The predicted octanol–water partition coefficient (Wildman–Crippen LogP) is 3.84. The summed E-state index contributed by atoms with van der Waals surface area (Å²) in [4.78, 5) is 21.9. The minimum atomic E-state index is -0.679. The molecule has 0 saturated heterocycles. The van der Waals surface area contributed by atoms with Crippen LogP contribution in [0.1, 0.15) is 6.42 Å². The molecule has 1 unspecified atom stereocenters. The van der Waals surface area contributed by atoms with E-state index in [2.05, 4.69) is 9.88 Å². The van der Waals surface area contributed by atoms with Crippen LogP contribution in [0.5, 0.6) is 11.5 Å². The van der Waals surface area contributed by atoms with Crippen molar-refractivity contribution >= 4 is 45.0 Å². The van der Waals surface area contributed by atoms with E-state index in [4.69, 9.17) is 9.47 Å². The van der Waals surface area contributed by atoms with Crippen molar-refractivity contribution in [2.24, 2.45) is 0 Å². The number of carbonyl (C=O) groups excluding carboxylic acids is 1. The lowest BCUT2D eigenvalue weighted by Crippen LogP contribution is -2.47. The molecule has 0 N–H and O–H groups in total. The summed E-state index contributed by atoms with van der Waals surface area (Å²) in [6.45, 7) is 1.67. The molecular formula is C21H24ClN3O3S. The summed E-state index contributed by atoms with van der Waals surface area (Å²) < 4.78 is 12.8. The number of hydrogen-bond acceptors (Lipinski definition) is 6. The van der Waals surface area contributed by atoms with Gasteiger partial charge in [0, 0.05) is 6.54 Å². The highest BCUT2D eigenvalue weighted by molar-refractivity contribution is 7.22. The number of benzene rings is 2. The molecule has 1 amide bonds. The average molecular weight is 434 g/mol. The van der Waals surface area contributed by atoms with Gasteiger partial charge in [0.05, 0.1) is 10.2 Å². The van der Waals surface area contributed by atoms with E-state index in [0.717, 1.165) is 23.2 Å². The molecule has 6 nitrogen and oxygen atoms in total. The molecule has 0 aliphatic carbocycles. The fraction of sp³-hybridized carbons (Fsp3) is 0.333. The second-order valence-electron chi connectivity index (χ2n) is 6.98. The molecule has 29 heavy (non-hydrogen) atoms. The Bertz CT molecular complexity index is 945. The minimum absolute atomic E-state index is 0. The molecule has 2 aromatic carbocycles. The van der Waals surface area contributed by atoms with Gasteiger partial charge in [0.15, 0.2) is 16.6 Å². The predicted molar refractivity (Wildman–Crippen MR) is 119 cm³/mol. The Morgan fingerprint density at radius 2 is 1.83 bits per heavy atom. The lowest BCUT2D eigenvalue weighted by molar-refractivity contribution is -0.127. The summed E-state index contributed by atoms with van der Waals surface area (Å²) in [5, 5.41) is 0.701. The van der Waals surface area contributed by atoms with Crippen LogP contribution in [0.4, 0.5) is 5.13 Å². The largest absolute Gasteiger partial charge is 0.485 e. The normalized spacial score (nSPS) is 15.2. The van der Waals surface area contributed by atoms with Gasteiger partial charge >= 0.3 is 0 Å². The number of carbonyl (C=O) groups is 1. The van der Waals surface area contributed by atoms with Crippen LogP contribution in [0.2, 0.25) is 0 Å². The Balaban J connectivity index is 0.00000240. The number of fused-ring (bicyclic) bond motifs is 2. The zero-order valence-corrected chi connectivity index (χ0v) is 18.0. The zero-order chi connectivity index (χ0) is 19.5. The Labute approximate surface area is 180 Å². The quantitative estimate of drug-likeness (QED) is 0.591. The Kier molecular flexibility index (Phi) is 6.95. The van der Waals surface area contributed by atoms with Crippen molar-refractivity contribution in [2.45, 2.75) is 12.5 Å². The molecule has 2 heterocycles. The van der Waals surface area contributed by atoms with Gasteiger partial charge < -0.3 is 14.4 Å². The van der Waals surface area contributed by atoms with E-state index in [9.17, 15) is 4.79 Å². The lowest BCUT2D eigenvalue weighted by atomic mass is 10.2. The van der Waals surface area contributed by atoms with Gasteiger partial charge in [0.1, 0.15) is 6.61 Å². The van der Waals surface area contributed by atoms with Crippen molar-refractivity contribution in [3.8, 4) is 11.5 Å². The van der Waals surface area contributed by atoms with E-state index in [1.54, 1.807) is 4.90 Å². The maximum absolute atomic E-state index is 13.3. The highest BCUT2D eigenvalue weighted by Gasteiger charge is 2.33. The third-order valence-corrected chi connectivity index (χ3v) is 5.61. The number of hydrogen-bond donors (Lipinski definition) is 0. The smallest absolute Gasteiger partial charge is 0.273 e. The standard InChI is InChI=1S/C21H23N3O3S.ClH/c1-23(2)12-7-13-24(21-22-15-8-3-6-11-19(15)28-21)20(25)18-14-26-16-9-4-5-10-17(16)27-18;/h3-6,8-11,18H,7,12-14H2,1-2H3;1H. The average Bonchev–Trinajstić information content (AvgIpc) is 3.14. The molecule has 1 aliphatic heterocycles. The number of thiazole rings is 1. The van der Waals surface area contributed by atoms with Crippen LogP contribution in [0.25, 0.3) is 10.2 Å². The van der Waals surface area contributed by atoms with Gasteiger partial charge in [0.2, 0.25) is 6.10 Å². The molecular weight excluding hydrogens is 410 g/mol. The molecule has 0 fully saturated rings. The molecule has 154 valence electrons. The van der Waals surface area contributed by atoms with Gasteiger partial charge in [-0.25, -0.2) is 4.98 Å². The van der Waals surface area contributed by atoms with Crippen molar-refractivity contribution in [3.05, 3.63) is 48.5 Å². The number of amides is 1. The first kappa shape index (κ1) is 21.4. The molecule has 4 rings (SSSR count). The van der Waals surface area contributed by atoms with E-state index < -0.39 is 6.10 Å². The third-order valence-electron chi connectivity index (χ3n) is 4.55. The fourth-order valence-electron chi connectivity index (χ4n) is 3.14. The number of para-hydroxylation sites is 3. The highest BCUT2D eigenvalue weighted by Crippen LogP contribution is 2.33. The number of aromatic nitrogens is 1. The number of nitrogens with zero attached hydrogens (tertiary/aromatic N) is 3. The lowest BCUT2D eigenvalue weighted by Gasteiger charge is -2.29. The maximum Gasteiger partial charge on any atom is 0.273 e. The van der Waals surface area contributed by atoms with E-state index in [1.165, 1.54) is 11.3 Å². The van der Waals surface area contributed by atoms with Crippen LogP contribution >= 0.6 is 23.7 Å². The molecule has 1 atom stereocenters. The first-order chi connectivity index (χ1) is 13.6. The van der Waals surface area contributed by atoms with Gasteiger partial charge in [-0.05, 0) is 51.3 Å². The number of rotatable bonds is 6. The van der Waals surface area contributed by atoms with E-state index >= 15 is 0 Å². The van der Waals surface area contributed by atoms with Crippen molar-refractivity contribution in [1.29, 1.82) is 0 Å². The summed E-state index contributed by atoms with van der Waals surface area (Å²) in [5.41, 5.74) is 0.902. The first-order valence-corrected chi connectivity index (χ1v) is 10.1. The fourth-order valence-corrected chi connectivity index (χ4v) is 4.13. The van der Waals surface area contributed by atoms with Crippen LogP contribution < -0.4 is 14.4 Å². The van der Waals surface area contributed by atoms with E-state index in [1.807, 2.05) is 62.6 Å². The topological polar surface area (TPSA) is 54.9 Å². The molecule has 8 heteroatoms. The maximum atomic E-state index is 13.3. The SMILES string of the molecule is CN(C)CCCN(C(=O)C1COc2ccccc2O1)c1nc2ccccc2s1.Cl. The number of halogens is 1. The van der Waals surface area contributed by atoms with Crippen molar-refractivity contribution in [2.75, 3.05) is 38.7 Å². The zero-order valence-electron chi connectivity index (χ0n) is 16.4. The van der Waals surface area contributed by atoms with E-state index in [-0.39, 0.29) is 24.9 Å². The summed E-state index contributed by atoms with van der Waals surface area (Å²) in [6.07, 6.45) is 0.167. The molecule has 0 spiro atoms. The molecule has 1 aromatic heterocycles. The summed E-state index contributed by atoms with van der Waals surface area (Å²) in [6, 6.07) is 15.4. The van der Waals surface area contributed by atoms with Crippen LogP contribution in [0.3, 0.4) is 0 Å². The van der Waals surface area contributed by atoms with Crippen LogP contribution in [0.15, 0.2) is 48.5 Å². The van der Waals surface area contributed by atoms with Crippen molar-refractivity contribution in [1.82, 2.24) is 9.88 Å². The molecule has 1 aliphatic rings. The van der Waals surface area contributed by atoms with Crippen LogP contribution in [-0.2, 0) is 4.79 Å². The molecule has 0 radical (unpaired) electrons. The Hall–Kier alpha value is -2.35. The first-order valence-electron chi connectivity index (χ1n) is 9.32.